The number of hydrogen-bond acceptors (Lipinski definition) is 4. The maximum Gasteiger partial charge on any atom is 0.253 e. The molecular formula is C19H19N3O2. The Kier molecular flexibility index (Phi) is 4.91. The fraction of sp³-hybridized carbons (Fsp3) is 0.158. The SMILES string of the molecule is Cc1ccccc1CNc1cncc(C(=O)NCc2ccco2)c1. The van der Waals surface area contributed by atoms with Gasteiger partial charge < -0.3 is 15.1 Å². The summed E-state index contributed by atoms with van der Waals surface area (Å²) in [5.41, 5.74) is 3.76. The molecule has 0 saturated carbocycles. The largest absolute Gasteiger partial charge is 0.467 e. The third-order valence-corrected chi connectivity index (χ3v) is 3.75. The molecule has 0 saturated heterocycles. The Balaban J connectivity index is 1.61. The normalized spacial score (nSPS) is 10.4. The summed E-state index contributed by atoms with van der Waals surface area (Å²) in [6, 6.07) is 13.6. The lowest BCUT2D eigenvalue weighted by Crippen LogP contribution is -2.22. The molecule has 2 heterocycles. The molecule has 5 nitrogen and oxygen atoms in total. The summed E-state index contributed by atoms with van der Waals surface area (Å²) in [6.07, 6.45) is 4.84. The summed E-state index contributed by atoms with van der Waals surface area (Å²) in [7, 11) is 0. The van der Waals surface area contributed by atoms with Gasteiger partial charge in [0.2, 0.25) is 0 Å². The summed E-state index contributed by atoms with van der Waals surface area (Å²) in [6.45, 7) is 3.12. The summed E-state index contributed by atoms with van der Waals surface area (Å²) >= 11 is 0. The Hall–Kier alpha value is -3.08. The van der Waals surface area contributed by atoms with Crippen molar-refractivity contribution in [1.82, 2.24) is 10.3 Å². The van der Waals surface area contributed by atoms with E-state index in [9.17, 15) is 4.79 Å². The molecule has 0 spiro atoms. The van der Waals surface area contributed by atoms with Crippen molar-refractivity contribution in [3.63, 3.8) is 0 Å². The number of nitrogens with zero attached hydrogens (tertiary/aromatic N) is 1. The van der Waals surface area contributed by atoms with Gasteiger partial charge in [0.05, 0.1) is 24.1 Å². The number of hydrogen-bond donors (Lipinski definition) is 2. The van der Waals surface area contributed by atoms with Crippen LogP contribution in [0, 0.1) is 6.92 Å². The van der Waals surface area contributed by atoms with Gasteiger partial charge in [-0.3, -0.25) is 9.78 Å². The molecule has 24 heavy (non-hydrogen) atoms. The quantitative estimate of drug-likeness (QED) is 0.729. The van der Waals surface area contributed by atoms with Crippen molar-refractivity contribution < 1.29 is 9.21 Å². The molecule has 0 radical (unpaired) electrons. The minimum Gasteiger partial charge on any atom is -0.467 e. The second-order valence-electron chi connectivity index (χ2n) is 5.50. The topological polar surface area (TPSA) is 67.2 Å². The number of benzene rings is 1. The average molecular weight is 321 g/mol. The van der Waals surface area contributed by atoms with E-state index in [0.29, 0.717) is 24.4 Å². The second kappa shape index (κ2) is 7.46. The van der Waals surface area contributed by atoms with Crippen molar-refractivity contribution in [3.05, 3.63) is 83.6 Å². The fourth-order valence-electron chi connectivity index (χ4n) is 2.35. The van der Waals surface area contributed by atoms with Crippen LogP contribution in [0.5, 0.6) is 0 Å². The van der Waals surface area contributed by atoms with Gasteiger partial charge >= 0.3 is 0 Å². The Morgan fingerprint density at radius 1 is 1.12 bits per heavy atom. The van der Waals surface area contributed by atoms with E-state index >= 15 is 0 Å². The lowest BCUT2D eigenvalue weighted by molar-refractivity contribution is 0.0947. The summed E-state index contributed by atoms with van der Waals surface area (Å²) in [5, 5.41) is 6.12. The summed E-state index contributed by atoms with van der Waals surface area (Å²) in [4.78, 5) is 16.3. The molecule has 2 N–H and O–H groups in total. The van der Waals surface area contributed by atoms with Crippen molar-refractivity contribution >= 4 is 11.6 Å². The van der Waals surface area contributed by atoms with Crippen molar-refractivity contribution in [2.75, 3.05) is 5.32 Å². The van der Waals surface area contributed by atoms with Gasteiger partial charge in [-0.05, 0) is 36.2 Å². The van der Waals surface area contributed by atoms with Gasteiger partial charge in [0.25, 0.3) is 5.91 Å². The zero-order valence-corrected chi connectivity index (χ0v) is 13.5. The number of nitrogens with one attached hydrogen (secondary N) is 2. The summed E-state index contributed by atoms with van der Waals surface area (Å²) in [5.74, 6) is 0.531. The van der Waals surface area contributed by atoms with Crippen molar-refractivity contribution in [2.45, 2.75) is 20.0 Å². The highest BCUT2D eigenvalue weighted by atomic mass is 16.3. The van der Waals surface area contributed by atoms with Crippen molar-refractivity contribution in [2.24, 2.45) is 0 Å². The van der Waals surface area contributed by atoms with Crippen LogP contribution >= 0.6 is 0 Å². The van der Waals surface area contributed by atoms with Gasteiger partial charge in [0, 0.05) is 18.9 Å². The van der Waals surface area contributed by atoms with Gasteiger partial charge in [-0.15, -0.1) is 0 Å². The number of carbonyl (C=O) groups excluding carboxylic acids is 1. The lowest BCUT2D eigenvalue weighted by Gasteiger charge is -2.10. The van der Waals surface area contributed by atoms with Crippen LogP contribution in [0.3, 0.4) is 0 Å². The predicted octanol–water partition coefficient (Wildman–Crippen LogP) is 3.53. The Morgan fingerprint density at radius 2 is 2.00 bits per heavy atom. The minimum atomic E-state index is -0.182. The first-order valence-corrected chi connectivity index (χ1v) is 7.76. The fourth-order valence-corrected chi connectivity index (χ4v) is 2.35. The number of rotatable bonds is 6. The molecule has 1 aromatic carbocycles. The first-order valence-electron chi connectivity index (χ1n) is 7.76. The van der Waals surface area contributed by atoms with E-state index in [-0.39, 0.29) is 5.91 Å². The van der Waals surface area contributed by atoms with Crippen molar-refractivity contribution in [3.8, 4) is 0 Å². The third-order valence-electron chi connectivity index (χ3n) is 3.75. The highest BCUT2D eigenvalue weighted by molar-refractivity contribution is 5.94. The molecule has 0 aliphatic rings. The standard InChI is InChI=1S/C19H19N3O2/c1-14-5-2-3-6-15(14)11-21-17-9-16(10-20-12-17)19(23)22-13-18-7-4-8-24-18/h2-10,12,21H,11,13H2,1H3,(H,22,23). The molecule has 1 amide bonds. The van der Waals surface area contributed by atoms with E-state index in [2.05, 4.69) is 34.7 Å². The summed E-state index contributed by atoms with van der Waals surface area (Å²) < 4.78 is 5.20. The van der Waals surface area contributed by atoms with Crippen LogP contribution in [0.15, 0.2) is 65.5 Å². The molecule has 3 aromatic rings. The van der Waals surface area contributed by atoms with E-state index in [1.165, 1.54) is 11.1 Å². The zero-order valence-electron chi connectivity index (χ0n) is 13.5. The van der Waals surface area contributed by atoms with E-state index in [0.717, 1.165) is 5.69 Å². The van der Waals surface area contributed by atoms with Crippen LogP contribution in [0.2, 0.25) is 0 Å². The highest BCUT2D eigenvalue weighted by Gasteiger charge is 2.08. The molecule has 0 aliphatic carbocycles. The van der Waals surface area contributed by atoms with Crippen LogP contribution in [0.1, 0.15) is 27.2 Å². The van der Waals surface area contributed by atoms with Gasteiger partial charge in [0.1, 0.15) is 5.76 Å². The maximum atomic E-state index is 12.2. The average Bonchev–Trinajstić information content (AvgIpc) is 3.13. The minimum absolute atomic E-state index is 0.182. The van der Waals surface area contributed by atoms with E-state index in [1.54, 1.807) is 30.8 Å². The first-order chi connectivity index (χ1) is 11.7. The number of aromatic nitrogens is 1. The number of amides is 1. The van der Waals surface area contributed by atoms with Gasteiger partial charge in [-0.25, -0.2) is 0 Å². The third kappa shape index (κ3) is 4.01. The molecular weight excluding hydrogens is 302 g/mol. The van der Waals surface area contributed by atoms with Crippen LogP contribution in [-0.2, 0) is 13.1 Å². The highest BCUT2D eigenvalue weighted by Crippen LogP contribution is 2.13. The van der Waals surface area contributed by atoms with Crippen LogP contribution in [0.4, 0.5) is 5.69 Å². The molecule has 122 valence electrons. The molecule has 3 rings (SSSR count). The molecule has 0 unspecified atom stereocenters. The smallest absolute Gasteiger partial charge is 0.253 e. The Morgan fingerprint density at radius 3 is 2.79 bits per heavy atom. The number of furan rings is 1. The lowest BCUT2D eigenvalue weighted by atomic mass is 10.1. The van der Waals surface area contributed by atoms with Crippen molar-refractivity contribution in [1.29, 1.82) is 0 Å². The van der Waals surface area contributed by atoms with Gasteiger partial charge in [-0.2, -0.15) is 0 Å². The Bertz CT molecular complexity index is 813. The molecule has 0 fully saturated rings. The first kappa shape index (κ1) is 15.8. The maximum absolute atomic E-state index is 12.2. The molecule has 0 aliphatic heterocycles. The van der Waals surface area contributed by atoms with E-state index < -0.39 is 0 Å². The van der Waals surface area contributed by atoms with Crippen LogP contribution in [-0.4, -0.2) is 10.9 Å². The number of carbonyl (C=O) groups is 1. The molecule has 5 heteroatoms. The van der Waals surface area contributed by atoms with Gasteiger partial charge in [0.15, 0.2) is 0 Å². The van der Waals surface area contributed by atoms with E-state index in [4.69, 9.17) is 4.42 Å². The molecule has 0 atom stereocenters. The Labute approximate surface area is 140 Å². The number of pyridine rings is 1. The molecule has 2 aromatic heterocycles. The molecule has 0 bridgehead atoms. The predicted molar refractivity (Wildman–Crippen MR) is 92.6 cm³/mol. The number of anilines is 1. The second-order valence-corrected chi connectivity index (χ2v) is 5.50. The van der Waals surface area contributed by atoms with Gasteiger partial charge in [-0.1, -0.05) is 24.3 Å². The van der Waals surface area contributed by atoms with E-state index in [1.807, 2.05) is 18.2 Å². The zero-order chi connectivity index (χ0) is 16.8. The number of aryl methyl sites for hydroxylation is 1. The monoisotopic (exact) mass is 321 g/mol. The van der Waals surface area contributed by atoms with Crippen LogP contribution in [0.25, 0.3) is 0 Å². The van der Waals surface area contributed by atoms with Crippen LogP contribution < -0.4 is 10.6 Å².